The summed E-state index contributed by atoms with van der Waals surface area (Å²) in [7, 11) is 3.02. The number of hydrogen-bond donors (Lipinski definition) is 1. The van der Waals surface area contributed by atoms with Crippen molar-refractivity contribution in [2.45, 2.75) is 19.5 Å². The largest absolute Gasteiger partial charge is 0.497 e. The molecular formula is C25H24N4O5. The first-order valence-electron chi connectivity index (χ1n) is 10.7. The molecule has 0 spiro atoms. The van der Waals surface area contributed by atoms with Gasteiger partial charge in [0.2, 0.25) is 5.91 Å². The number of benzene rings is 2. The van der Waals surface area contributed by atoms with Gasteiger partial charge in [0.1, 0.15) is 18.0 Å². The van der Waals surface area contributed by atoms with Crippen LogP contribution < -0.4 is 26.0 Å². The molecule has 2 aromatic heterocycles. The lowest BCUT2D eigenvalue weighted by atomic mass is 10.1. The van der Waals surface area contributed by atoms with Gasteiger partial charge in [-0.25, -0.2) is 9.78 Å². The first-order chi connectivity index (χ1) is 16.5. The molecule has 0 fully saturated rings. The molecule has 0 aliphatic carbocycles. The van der Waals surface area contributed by atoms with Crippen molar-refractivity contribution in [3.05, 3.63) is 93.3 Å². The number of amides is 1. The Morgan fingerprint density at radius 1 is 0.971 bits per heavy atom. The average Bonchev–Trinajstić information content (AvgIpc) is 2.87. The van der Waals surface area contributed by atoms with Crippen LogP contribution in [0.5, 0.6) is 11.5 Å². The van der Waals surface area contributed by atoms with E-state index in [1.54, 1.807) is 30.3 Å². The number of carbonyl (C=O) groups is 1. The minimum Gasteiger partial charge on any atom is -0.497 e. The molecule has 9 heteroatoms. The molecule has 0 unspecified atom stereocenters. The van der Waals surface area contributed by atoms with Crippen LogP contribution in [0.25, 0.3) is 11.0 Å². The fraction of sp³-hybridized carbons (Fsp3) is 0.200. The van der Waals surface area contributed by atoms with E-state index in [2.05, 4.69) is 10.3 Å². The van der Waals surface area contributed by atoms with Crippen LogP contribution >= 0.6 is 0 Å². The molecule has 9 nitrogen and oxygen atoms in total. The minimum absolute atomic E-state index is 0.130. The van der Waals surface area contributed by atoms with Crippen LogP contribution in [0.1, 0.15) is 5.56 Å². The van der Waals surface area contributed by atoms with Gasteiger partial charge in [-0.1, -0.05) is 30.3 Å². The van der Waals surface area contributed by atoms with Gasteiger partial charge in [-0.2, -0.15) is 0 Å². The molecule has 0 saturated heterocycles. The number of methoxy groups -OCH3 is 2. The van der Waals surface area contributed by atoms with E-state index in [1.165, 1.54) is 25.0 Å². The van der Waals surface area contributed by atoms with Crippen LogP contribution in [0.15, 0.2) is 76.4 Å². The highest BCUT2D eigenvalue weighted by atomic mass is 16.5. The zero-order valence-electron chi connectivity index (χ0n) is 18.9. The number of aromatic nitrogens is 3. The Hall–Kier alpha value is -4.40. The Bertz CT molecular complexity index is 1440. The molecular weight excluding hydrogens is 436 g/mol. The summed E-state index contributed by atoms with van der Waals surface area (Å²) < 4.78 is 12.9. The summed E-state index contributed by atoms with van der Waals surface area (Å²) >= 11 is 0. The first-order valence-corrected chi connectivity index (χ1v) is 10.7. The Balaban J connectivity index is 1.67. The van der Waals surface area contributed by atoms with Crippen molar-refractivity contribution in [1.82, 2.24) is 14.1 Å². The van der Waals surface area contributed by atoms with Crippen LogP contribution in [0.2, 0.25) is 0 Å². The van der Waals surface area contributed by atoms with E-state index in [9.17, 15) is 14.4 Å². The Labute approximate surface area is 195 Å². The molecule has 174 valence electrons. The summed E-state index contributed by atoms with van der Waals surface area (Å²) in [5.41, 5.74) is 0.797. The van der Waals surface area contributed by atoms with Crippen molar-refractivity contribution in [2.75, 3.05) is 19.5 Å². The van der Waals surface area contributed by atoms with Crippen molar-refractivity contribution >= 4 is 22.6 Å². The summed E-state index contributed by atoms with van der Waals surface area (Å²) in [6.45, 7) is -0.135. The fourth-order valence-electron chi connectivity index (χ4n) is 3.71. The molecule has 2 aromatic carbocycles. The number of carbonyl (C=O) groups excluding carboxylic acids is 1. The normalized spacial score (nSPS) is 10.8. The number of nitrogens with zero attached hydrogens (tertiary/aromatic N) is 3. The molecule has 0 aliphatic heterocycles. The smallest absolute Gasteiger partial charge is 0.332 e. The van der Waals surface area contributed by atoms with Gasteiger partial charge < -0.3 is 14.8 Å². The van der Waals surface area contributed by atoms with Crippen LogP contribution in [0.3, 0.4) is 0 Å². The second kappa shape index (κ2) is 10.0. The van der Waals surface area contributed by atoms with E-state index in [-0.39, 0.29) is 18.6 Å². The third-order valence-electron chi connectivity index (χ3n) is 5.44. The predicted octanol–water partition coefficient (Wildman–Crippen LogP) is 2.46. The van der Waals surface area contributed by atoms with Gasteiger partial charge in [0, 0.05) is 18.8 Å². The van der Waals surface area contributed by atoms with Gasteiger partial charge in [0.05, 0.1) is 25.4 Å². The lowest BCUT2D eigenvalue weighted by Gasteiger charge is -2.15. The lowest BCUT2D eigenvalue weighted by Crippen LogP contribution is -2.42. The topological polar surface area (TPSA) is 104 Å². The Morgan fingerprint density at radius 2 is 1.76 bits per heavy atom. The number of rotatable bonds is 8. The van der Waals surface area contributed by atoms with Gasteiger partial charge in [0.25, 0.3) is 5.56 Å². The van der Waals surface area contributed by atoms with E-state index in [1.807, 2.05) is 30.3 Å². The van der Waals surface area contributed by atoms with Crippen molar-refractivity contribution in [2.24, 2.45) is 0 Å². The van der Waals surface area contributed by atoms with E-state index >= 15 is 0 Å². The number of aryl methyl sites for hydroxylation is 1. The van der Waals surface area contributed by atoms with Gasteiger partial charge >= 0.3 is 5.69 Å². The maximum Gasteiger partial charge on any atom is 0.332 e. The Morgan fingerprint density at radius 3 is 2.50 bits per heavy atom. The Kier molecular flexibility index (Phi) is 6.72. The molecule has 4 rings (SSSR count). The third-order valence-corrected chi connectivity index (χ3v) is 5.44. The second-order valence-electron chi connectivity index (χ2n) is 7.55. The predicted molar refractivity (Wildman–Crippen MR) is 129 cm³/mol. The van der Waals surface area contributed by atoms with E-state index < -0.39 is 17.2 Å². The summed E-state index contributed by atoms with van der Waals surface area (Å²) in [4.78, 5) is 43.4. The molecule has 1 amide bonds. The summed E-state index contributed by atoms with van der Waals surface area (Å²) in [5.74, 6) is 0.539. The van der Waals surface area contributed by atoms with Gasteiger partial charge in [-0.3, -0.25) is 18.7 Å². The molecule has 0 saturated carbocycles. The number of hydrogen-bond acceptors (Lipinski definition) is 6. The van der Waals surface area contributed by atoms with Crippen LogP contribution in [0.4, 0.5) is 5.69 Å². The summed E-state index contributed by atoms with van der Waals surface area (Å²) in [6, 6.07) is 17.8. The van der Waals surface area contributed by atoms with Crippen molar-refractivity contribution in [3.63, 3.8) is 0 Å². The van der Waals surface area contributed by atoms with Gasteiger partial charge in [-0.05, 0) is 36.2 Å². The third kappa shape index (κ3) is 4.68. The summed E-state index contributed by atoms with van der Waals surface area (Å²) in [5, 5.41) is 2.76. The quantitative estimate of drug-likeness (QED) is 0.433. The van der Waals surface area contributed by atoms with E-state index in [0.717, 1.165) is 10.1 Å². The maximum atomic E-state index is 13.3. The highest BCUT2D eigenvalue weighted by Gasteiger charge is 2.17. The number of pyridine rings is 1. The number of fused-ring (bicyclic) bond motifs is 1. The summed E-state index contributed by atoms with van der Waals surface area (Å²) in [6.07, 6.45) is 1.98. The number of ether oxygens (including phenoxy) is 2. The molecule has 0 bridgehead atoms. The molecule has 0 aliphatic rings. The molecule has 0 radical (unpaired) electrons. The van der Waals surface area contributed by atoms with Crippen molar-refractivity contribution < 1.29 is 14.3 Å². The molecule has 0 atom stereocenters. The molecule has 2 heterocycles. The zero-order valence-corrected chi connectivity index (χ0v) is 18.9. The van der Waals surface area contributed by atoms with Gasteiger partial charge in [0.15, 0.2) is 5.52 Å². The standard InChI is InChI=1S/C25H24N4O5/c1-33-18-10-11-19(21(15-18)34-2)27-22(30)16-29-20-9-6-13-26-23(20)24(31)28(25(29)32)14-12-17-7-4-3-5-8-17/h3-11,13,15H,12,14,16H2,1-2H3,(H,27,30). The molecule has 1 N–H and O–H groups in total. The maximum absolute atomic E-state index is 13.3. The van der Waals surface area contributed by atoms with Crippen molar-refractivity contribution in [3.8, 4) is 11.5 Å². The van der Waals surface area contributed by atoms with Gasteiger partial charge in [-0.15, -0.1) is 0 Å². The number of nitrogens with one attached hydrogen (secondary N) is 1. The van der Waals surface area contributed by atoms with E-state index in [0.29, 0.717) is 29.1 Å². The monoisotopic (exact) mass is 460 g/mol. The lowest BCUT2D eigenvalue weighted by molar-refractivity contribution is -0.116. The average molecular weight is 460 g/mol. The molecule has 4 aromatic rings. The first kappa shape index (κ1) is 22.8. The highest BCUT2D eigenvalue weighted by molar-refractivity contribution is 5.93. The fourth-order valence-corrected chi connectivity index (χ4v) is 3.71. The highest BCUT2D eigenvalue weighted by Crippen LogP contribution is 2.29. The second-order valence-corrected chi connectivity index (χ2v) is 7.55. The van der Waals surface area contributed by atoms with Crippen LogP contribution in [0, 0.1) is 0 Å². The molecule has 34 heavy (non-hydrogen) atoms. The minimum atomic E-state index is -0.571. The van der Waals surface area contributed by atoms with Crippen LogP contribution in [-0.2, 0) is 24.3 Å². The number of anilines is 1. The van der Waals surface area contributed by atoms with Crippen LogP contribution in [-0.4, -0.2) is 34.2 Å². The van der Waals surface area contributed by atoms with Crippen molar-refractivity contribution in [1.29, 1.82) is 0 Å². The van der Waals surface area contributed by atoms with E-state index in [4.69, 9.17) is 9.47 Å². The zero-order chi connectivity index (χ0) is 24.1. The SMILES string of the molecule is COc1ccc(NC(=O)Cn2c(=O)n(CCc3ccccc3)c(=O)c3ncccc32)c(OC)c1.